The van der Waals surface area contributed by atoms with Crippen LogP contribution in [0.3, 0.4) is 0 Å². The van der Waals surface area contributed by atoms with E-state index in [1.807, 2.05) is 0 Å². The van der Waals surface area contributed by atoms with E-state index in [0.717, 1.165) is 0 Å². The fraction of sp³-hybridized carbons (Fsp3) is 0.833. The summed E-state index contributed by atoms with van der Waals surface area (Å²) in [7, 11) is 1.64. The van der Waals surface area contributed by atoms with Gasteiger partial charge in [0.1, 0.15) is 18.3 Å². The molecule has 1 aliphatic heterocycles. The summed E-state index contributed by atoms with van der Waals surface area (Å²) in [6, 6.07) is 0. The quantitative estimate of drug-likeness (QED) is 0.565. The van der Waals surface area contributed by atoms with Crippen LogP contribution in [0.5, 0.6) is 0 Å². The molecule has 18 heavy (non-hydrogen) atoms. The molecule has 1 aliphatic carbocycles. The molecule has 102 valence electrons. The number of hydrogen-bond acceptors (Lipinski definition) is 6. The predicted octanol–water partition coefficient (Wildman–Crippen LogP) is 1.09. The number of hydrogen-bond donors (Lipinski definition) is 0. The lowest BCUT2D eigenvalue weighted by molar-refractivity contribution is -0.158. The summed E-state index contributed by atoms with van der Waals surface area (Å²) in [5.74, 6) is -0.176. The van der Waals surface area contributed by atoms with Gasteiger partial charge in [-0.05, 0) is 12.2 Å². The summed E-state index contributed by atoms with van der Waals surface area (Å²) in [4.78, 5) is 11.0. The Labute approximate surface area is 112 Å². The molecule has 0 N–H and O–H groups in total. The molecule has 0 radical (unpaired) electrons. The molecule has 0 unspecified atom stereocenters. The zero-order valence-corrected chi connectivity index (χ0v) is 11.6. The van der Waals surface area contributed by atoms with Crippen LogP contribution in [0, 0.1) is 5.92 Å². The SMILES string of the molecule is CO[C@H]1[C@@H]2CO[C@@]1(COC(C)=O)C[C@@H]2OC(C)=S. The molecule has 4 atom stereocenters. The van der Waals surface area contributed by atoms with Crippen LogP contribution in [-0.2, 0) is 23.7 Å². The molecule has 0 amide bonds. The molecule has 0 spiro atoms. The van der Waals surface area contributed by atoms with Gasteiger partial charge in [0, 0.05) is 33.3 Å². The minimum atomic E-state index is -0.583. The second kappa shape index (κ2) is 5.11. The van der Waals surface area contributed by atoms with Gasteiger partial charge in [-0.25, -0.2) is 0 Å². The van der Waals surface area contributed by atoms with E-state index in [4.69, 9.17) is 31.2 Å². The van der Waals surface area contributed by atoms with Crippen molar-refractivity contribution >= 4 is 23.2 Å². The highest BCUT2D eigenvalue weighted by Gasteiger charge is 2.62. The topological polar surface area (TPSA) is 54.0 Å². The summed E-state index contributed by atoms with van der Waals surface area (Å²) in [6.45, 7) is 3.89. The number of esters is 1. The molecule has 5 nitrogen and oxygen atoms in total. The third-order valence-corrected chi connectivity index (χ3v) is 3.68. The van der Waals surface area contributed by atoms with Crippen LogP contribution in [0.4, 0.5) is 0 Å². The zero-order chi connectivity index (χ0) is 13.3. The minimum Gasteiger partial charge on any atom is -0.484 e. The summed E-state index contributed by atoms with van der Waals surface area (Å²) in [5.41, 5.74) is -0.583. The maximum atomic E-state index is 11.0. The summed E-state index contributed by atoms with van der Waals surface area (Å²) in [5, 5.41) is 0.519. The molecule has 0 aromatic rings. The van der Waals surface area contributed by atoms with Gasteiger partial charge in [0.15, 0.2) is 5.05 Å². The van der Waals surface area contributed by atoms with Crippen molar-refractivity contribution in [1.82, 2.24) is 0 Å². The van der Waals surface area contributed by atoms with E-state index in [1.54, 1.807) is 14.0 Å². The Kier molecular flexibility index (Phi) is 3.89. The number of fused-ring (bicyclic) bond motifs is 2. The van der Waals surface area contributed by atoms with Gasteiger partial charge in [-0.3, -0.25) is 4.79 Å². The monoisotopic (exact) mass is 274 g/mol. The maximum Gasteiger partial charge on any atom is 0.302 e. The fourth-order valence-electron chi connectivity index (χ4n) is 2.93. The van der Waals surface area contributed by atoms with E-state index in [1.165, 1.54) is 6.92 Å². The second-order valence-electron chi connectivity index (χ2n) is 4.83. The third-order valence-electron chi connectivity index (χ3n) is 3.59. The largest absolute Gasteiger partial charge is 0.484 e. The van der Waals surface area contributed by atoms with Crippen molar-refractivity contribution < 1.29 is 23.7 Å². The first-order chi connectivity index (χ1) is 8.48. The Morgan fingerprint density at radius 3 is 2.78 bits per heavy atom. The molecule has 2 aliphatic rings. The van der Waals surface area contributed by atoms with Gasteiger partial charge in [-0.1, -0.05) is 0 Å². The van der Waals surface area contributed by atoms with Crippen molar-refractivity contribution in [1.29, 1.82) is 0 Å². The van der Waals surface area contributed by atoms with Crippen LogP contribution in [0.1, 0.15) is 20.3 Å². The molecule has 6 heteroatoms. The molecule has 0 aromatic carbocycles. The lowest BCUT2D eigenvalue weighted by atomic mass is 10.0. The summed E-state index contributed by atoms with van der Waals surface area (Å²) < 4.78 is 22.0. The first kappa shape index (κ1) is 13.7. The average molecular weight is 274 g/mol. The molecule has 1 saturated heterocycles. The van der Waals surface area contributed by atoms with E-state index >= 15 is 0 Å². The number of ether oxygens (including phenoxy) is 4. The lowest BCUT2D eigenvalue weighted by Gasteiger charge is -2.30. The van der Waals surface area contributed by atoms with Crippen molar-refractivity contribution in [3.05, 3.63) is 0 Å². The molecular formula is C12H18O5S. The predicted molar refractivity (Wildman–Crippen MR) is 67.4 cm³/mol. The van der Waals surface area contributed by atoms with Crippen molar-refractivity contribution in [2.75, 3.05) is 20.3 Å². The Hall–Kier alpha value is -0.720. The molecule has 0 aromatic heterocycles. The van der Waals surface area contributed by atoms with Crippen LogP contribution in [0.25, 0.3) is 0 Å². The van der Waals surface area contributed by atoms with Gasteiger partial charge in [-0.2, -0.15) is 0 Å². The van der Waals surface area contributed by atoms with Crippen molar-refractivity contribution in [3.63, 3.8) is 0 Å². The van der Waals surface area contributed by atoms with Crippen LogP contribution in [0.2, 0.25) is 0 Å². The van der Waals surface area contributed by atoms with E-state index in [2.05, 4.69) is 0 Å². The molecular weight excluding hydrogens is 256 g/mol. The Bertz CT molecular complexity index is 358. The zero-order valence-electron chi connectivity index (χ0n) is 10.8. The fourth-order valence-corrected chi connectivity index (χ4v) is 3.05. The molecule has 2 bridgehead atoms. The smallest absolute Gasteiger partial charge is 0.302 e. The molecule has 2 rings (SSSR count). The normalized spacial score (nSPS) is 37.6. The van der Waals surface area contributed by atoms with E-state index < -0.39 is 5.60 Å². The Balaban J connectivity index is 2.09. The number of rotatable bonds is 4. The van der Waals surface area contributed by atoms with Crippen LogP contribution in [-0.4, -0.2) is 49.2 Å². The van der Waals surface area contributed by atoms with Gasteiger partial charge in [0.2, 0.25) is 0 Å². The van der Waals surface area contributed by atoms with Gasteiger partial charge in [-0.15, -0.1) is 0 Å². The van der Waals surface area contributed by atoms with Crippen molar-refractivity contribution in [3.8, 4) is 0 Å². The summed E-state index contributed by atoms with van der Waals surface area (Å²) >= 11 is 4.98. The van der Waals surface area contributed by atoms with Crippen LogP contribution in [0.15, 0.2) is 0 Å². The lowest BCUT2D eigenvalue weighted by Crippen LogP contribution is -2.43. The first-order valence-electron chi connectivity index (χ1n) is 5.96. The second-order valence-corrected chi connectivity index (χ2v) is 5.40. The number of carbonyl (C=O) groups is 1. The number of methoxy groups -OCH3 is 1. The van der Waals surface area contributed by atoms with Gasteiger partial charge in [0.05, 0.1) is 12.7 Å². The minimum absolute atomic E-state index is 0.0169. The Morgan fingerprint density at radius 2 is 2.22 bits per heavy atom. The van der Waals surface area contributed by atoms with Gasteiger partial charge < -0.3 is 18.9 Å². The average Bonchev–Trinajstić information content (AvgIpc) is 2.77. The van der Waals surface area contributed by atoms with E-state index in [0.29, 0.717) is 18.1 Å². The highest BCUT2D eigenvalue weighted by molar-refractivity contribution is 7.80. The highest BCUT2D eigenvalue weighted by atomic mass is 32.1. The van der Waals surface area contributed by atoms with Crippen LogP contribution >= 0.6 is 12.2 Å². The maximum absolute atomic E-state index is 11.0. The van der Waals surface area contributed by atoms with Crippen LogP contribution < -0.4 is 0 Å². The third kappa shape index (κ3) is 2.37. The Morgan fingerprint density at radius 1 is 1.50 bits per heavy atom. The van der Waals surface area contributed by atoms with Gasteiger partial charge >= 0.3 is 5.97 Å². The standard InChI is InChI=1S/C12H18O5S/c1-7(13)15-6-12-4-10(17-8(2)18)9(5-16-12)11(12)14-3/h9-11H,4-6H2,1-3H3/t9-,10+,11+,12-/m1/s1. The number of thiocarbonyl (C=S) groups is 1. The number of carbonyl (C=O) groups excluding carboxylic acids is 1. The molecule has 2 fully saturated rings. The summed E-state index contributed by atoms with van der Waals surface area (Å²) in [6.07, 6.45) is 0.505. The van der Waals surface area contributed by atoms with Gasteiger partial charge in [0.25, 0.3) is 0 Å². The van der Waals surface area contributed by atoms with E-state index in [9.17, 15) is 4.79 Å². The molecule has 1 heterocycles. The van der Waals surface area contributed by atoms with Crippen molar-refractivity contribution in [2.45, 2.75) is 38.1 Å². The van der Waals surface area contributed by atoms with Crippen molar-refractivity contribution in [2.24, 2.45) is 5.92 Å². The van der Waals surface area contributed by atoms with E-state index in [-0.39, 0.29) is 30.7 Å². The first-order valence-corrected chi connectivity index (χ1v) is 6.36. The highest BCUT2D eigenvalue weighted by Crippen LogP contribution is 2.47. The molecule has 1 saturated carbocycles.